The van der Waals surface area contributed by atoms with Crippen LogP contribution in [0, 0.1) is 17.2 Å². The Hall–Kier alpha value is -1.82. The van der Waals surface area contributed by atoms with Crippen LogP contribution in [0.2, 0.25) is 0 Å². The average Bonchev–Trinajstić information content (AvgIpc) is 2.96. The Morgan fingerprint density at radius 2 is 2.33 bits per heavy atom. The lowest BCUT2D eigenvalue weighted by Gasteiger charge is -1.89. The number of aromatic amines is 1. The molecule has 0 unspecified atom stereocenters. The maximum absolute atomic E-state index is 8.77. The molecule has 1 aromatic carbocycles. The van der Waals surface area contributed by atoms with E-state index in [0.717, 1.165) is 29.2 Å². The Kier molecular flexibility index (Phi) is 1.75. The van der Waals surface area contributed by atoms with Gasteiger partial charge in [0.2, 0.25) is 0 Å². The first kappa shape index (κ1) is 8.49. The molecule has 0 atom stereocenters. The molecule has 0 bridgehead atoms. The number of aromatic nitrogens is 2. The molecule has 2 aromatic rings. The van der Waals surface area contributed by atoms with Crippen LogP contribution in [0.15, 0.2) is 18.2 Å². The van der Waals surface area contributed by atoms with Gasteiger partial charge in [-0.3, -0.25) is 0 Å². The molecule has 3 rings (SSSR count). The third-order valence-corrected chi connectivity index (χ3v) is 2.84. The fourth-order valence-corrected chi connectivity index (χ4v) is 1.82. The number of H-pyrrole nitrogens is 1. The first-order valence-corrected chi connectivity index (χ1v) is 5.24. The van der Waals surface area contributed by atoms with Crippen LogP contribution in [0.25, 0.3) is 11.0 Å². The molecule has 3 nitrogen and oxygen atoms in total. The third-order valence-electron chi connectivity index (χ3n) is 2.84. The molecule has 1 aliphatic carbocycles. The molecule has 74 valence electrons. The number of nitrogens with zero attached hydrogens (tertiary/aromatic N) is 2. The Bertz CT molecular complexity index is 543. The maximum atomic E-state index is 8.77. The second-order valence-electron chi connectivity index (χ2n) is 4.17. The lowest BCUT2D eigenvalue weighted by Crippen LogP contribution is -1.88. The monoisotopic (exact) mass is 197 g/mol. The number of benzene rings is 1. The van der Waals surface area contributed by atoms with E-state index >= 15 is 0 Å². The molecule has 1 aromatic heterocycles. The summed E-state index contributed by atoms with van der Waals surface area (Å²) in [6.07, 6.45) is 3.72. The molecule has 1 aliphatic rings. The molecule has 1 fully saturated rings. The highest BCUT2D eigenvalue weighted by Gasteiger charge is 2.22. The summed E-state index contributed by atoms with van der Waals surface area (Å²) in [5.41, 5.74) is 2.62. The Morgan fingerprint density at radius 3 is 3.07 bits per heavy atom. The molecule has 1 heterocycles. The van der Waals surface area contributed by atoms with Gasteiger partial charge >= 0.3 is 0 Å². The fourth-order valence-electron chi connectivity index (χ4n) is 1.82. The number of rotatable bonds is 2. The second-order valence-corrected chi connectivity index (χ2v) is 4.17. The number of nitriles is 1. The van der Waals surface area contributed by atoms with Crippen molar-refractivity contribution in [3.63, 3.8) is 0 Å². The van der Waals surface area contributed by atoms with Gasteiger partial charge in [0.15, 0.2) is 0 Å². The molecule has 1 saturated carbocycles. The van der Waals surface area contributed by atoms with Crippen molar-refractivity contribution in [3.8, 4) is 6.07 Å². The fraction of sp³-hybridized carbons (Fsp3) is 0.333. The average molecular weight is 197 g/mol. The lowest BCUT2D eigenvalue weighted by molar-refractivity contribution is 0.787. The zero-order chi connectivity index (χ0) is 10.3. The summed E-state index contributed by atoms with van der Waals surface area (Å²) in [7, 11) is 0. The molecule has 0 saturated heterocycles. The number of fused-ring (bicyclic) bond motifs is 1. The highest BCUT2D eigenvalue weighted by atomic mass is 14.9. The van der Waals surface area contributed by atoms with Crippen molar-refractivity contribution in [3.05, 3.63) is 29.6 Å². The molecule has 1 N–H and O–H groups in total. The SMILES string of the molecule is N#Cc1ccc2nc(CC3CC3)[nH]c2c1. The topological polar surface area (TPSA) is 52.5 Å². The second kappa shape index (κ2) is 3.09. The molecule has 0 spiro atoms. The summed E-state index contributed by atoms with van der Waals surface area (Å²) >= 11 is 0. The van der Waals surface area contributed by atoms with E-state index in [0.29, 0.717) is 5.56 Å². The van der Waals surface area contributed by atoms with Crippen LogP contribution >= 0.6 is 0 Å². The van der Waals surface area contributed by atoms with Crippen molar-refractivity contribution in [2.45, 2.75) is 19.3 Å². The van der Waals surface area contributed by atoms with Gasteiger partial charge < -0.3 is 4.98 Å². The van der Waals surface area contributed by atoms with E-state index in [2.05, 4.69) is 16.0 Å². The zero-order valence-electron chi connectivity index (χ0n) is 8.33. The minimum absolute atomic E-state index is 0.684. The number of imidazole rings is 1. The first-order valence-electron chi connectivity index (χ1n) is 5.24. The maximum Gasteiger partial charge on any atom is 0.107 e. The molecule has 0 radical (unpaired) electrons. The molecule has 3 heteroatoms. The Labute approximate surface area is 87.8 Å². The first-order chi connectivity index (χ1) is 7.35. The van der Waals surface area contributed by atoms with Gasteiger partial charge in [-0.1, -0.05) is 0 Å². The summed E-state index contributed by atoms with van der Waals surface area (Å²) < 4.78 is 0. The largest absolute Gasteiger partial charge is 0.342 e. The minimum atomic E-state index is 0.684. The molecule has 0 aliphatic heterocycles. The predicted molar refractivity (Wildman–Crippen MR) is 57.2 cm³/mol. The number of hydrogen-bond acceptors (Lipinski definition) is 2. The van der Waals surface area contributed by atoms with Crippen molar-refractivity contribution in [1.29, 1.82) is 5.26 Å². The van der Waals surface area contributed by atoms with E-state index in [1.54, 1.807) is 0 Å². The van der Waals surface area contributed by atoms with Crippen LogP contribution in [-0.4, -0.2) is 9.97 Å². The molecule has 0 amide bonds. The summed E-state index contributed by atoms with van der Waals surface area (Å²) in [5, 5.41) is 8.77. The van der Waals surface area contributed by atoms with Gasteiger partial charge in [-0.05, 0) is 37.0 Å². The van der Waals surface area contributed by atoms with Crippen LogP contribution in [0.4, 0.5) is 0 Å². The summed E-state index contributed by atoms with van der Waals surface area (Å²) in [5.74, 6) is 1.89. The van der Waals surface area contributed by atoms with E-state index in [1.807, 2.05) is 18.2 Å². The van der Waals surface area contributed by atoms with Crippen LogP contribution in [0.3, 0.4) is 0 Å². The highest BCUT2D eigenvalue weighted by Crippen LogP contribution is 2.32. The molecular formula is C12H11N3. The quantitative estimate of drug-likeness (QED) is 0.803. The van der Waals surface area contributed by atoms with E-state index in [9.17, 15) is 0 Å². The van der Waals surface area contributed by atoms with Gasteiger partial charge in [0.25, 0.3) is 0 Å². The van der Waals surface area contributed by atoms with Crippen LogP contribution in [0.5, 0.6) is 0 Å². The van der Waals surface area contributed by atoms with Gasteiger partial charge in [-0.25, -0.2) is 4.98 Å². The van der Waals surface area contributed by atoms with Crippen molar-refractivity contribution in [1.82, 2.24) is 9.97 Å². The standard InChI is InChI=1S/C12H11N3/c13-7-9-3-4-10-11(5-9)15-12(14-10)6-8-1-2-8/h3-5,8H,1-2,6H2,(H,14,15). The summed E-state index contributed by atoms with van der Waals surface area (Å²) in [6.45, 7) is 0. The van der Waals surface area contributed by atoms with Crippen molar-refractivity contribution in [2.24, 2.45) is 5.92 Å². The van der Waals surface area contributed by atoms with Crippen molar-refractivity contribution in [2.75, 3.05) is 0 Å². The van der Waals surface area contributed by atoms with Gasteiger partial charge in [0, 0.05) is 6.42 Å². The van der Waals surface area contributed by atoms with Crippen molar-refractivity contribution >= 4 is 11.0 Å². The van der Waals surface area contributed by atoms with Crippen LogP contribution < -0.4 is 0 Å². The normalized spacial score (nSPS) is 15.4. The van der Waals surface area contributed by atoms with Gasteiger partial charge in [-0.2, -0.15) is 5.26 Å². The van der Waals surface area contributed by atoms with Crippen LogP contribution in [-0.2, 0) is 6.42 Å². The highest BCUT2D eigenvalue weighted by molar-refractivity contribution is 5.76. The van der Waals surface area contributed by atoms with Gasteiger partial charge in [0.1, 0.15) is 5.82 Å². The summed E-state index contributed by atoms with van der Waals surface area (Å²) in [4.78, 5) is 7.78. The van der Waals surface area contributed by atoms with E-state index in [4.69, 9.17) is 5.26 Å². The Balaban J connectivity index is 2.01. The smallest absolute Gasteiger partial charge is 0.107 e. The van der Waals surface area contributed by atoms with Crippen molar-refractivity contribution < 1.29 is 0 Å². The van der Waals surface area contributed by atoms with Crippen LogP contribution in [0.1, 0.15) is 24.2 Å². The Morgan fingerprint density at radius 1 is 1.47 bits per heavy atom. The zero-order valence-corrected chi connectivity index (χ0v) is 8.33. The van der Waals surface area contributed by atoms with Gasteiger partial charge in [-0.15, -0.1) is 0 Å². The molecule has 15 heavy (non-hydrogen) atoms. The number of nitrogens with one attached hydrogen (secondary N) is 1. The van der Waals surface area contributed by atoms with E-state index < -0.39 is 0 Å². The van der Waals surface area contributed by atoms with Gasteiger partial charge in [0.05, 0.1) is 22.7 Å². The predicted octanol–water partition coefficient (Wildman–Crippen LogP) is 2.39. The van der Waals surface area contributed by atoms with E-state index in [-0.39, 0.29) is 0 Å². The third kappa shape index (κ3) is 1.59. The van der Waals surface area contributed by atoms with E-state index in [1.165, 1.54) is 12.8 Å². The molecular weight excluding hydrogens is 186 g/mol. The summed E-state index contributed by atoms with van der Waals surface area (Å²) in [6, 6.07) is 7.71. The number of hydrogen-bond donors (Lipinski definition) is 1. The lowest BCUT2D eigenvalue weighted by atomic mass is 10.2. The minimum Gasteiger partial charge on any atom is -0.342 e.